The van der Waals surface area contributed by atoms with Gasteiger partial charge < -0.3 is 5.73 Å². The lowest BCUT2D eigenvalue weighted by molar-refractivity contribution is 0.197. The number of rotatable bonds is 1. The van der Waals surface area contributed by atoms with E-state index in [2.05, 4.69) is 11.8 Å². The van der Waals surface area contributed by atoms with Crippen LogP contribution in [0.5, 0.6) is 0 Å². The lowest BCUT2D eigenvalue weighted by atomic mass is 10.00. The van der Waals surface area contributed by atoms with E-state index in [4.69, 9.17) is 5.73 Å². The van der Waals surface area contributed by atoms with Crippen LogP contribution < -0.4 is 5.73 Å². The second-order valence-electron chi connectivity index (χ2n) is 2.98. The standard InChI is InChI=1S/C7H16N2/c1-7-2-4-9(6-8)5-3-7/h7H,2-6,8H2,1H3. The molecule has 1 aliphatic rings. The minimum atomic E-state index is 0.743. The fraction of sp³-hybridized carbons (Fsp3) is 1.00. The fourth-order valence-electron chi connectivity index (χ4n) is 1.24. The Morgan fingerprint density at radius 2 is 2.00 bits per heavy atom. The Morgan fingerprint density at radius 3 is 2.44 bits per heavy atom. The maximum atomic E-state index is 5.47. The van der Waals surface area contributed by atoms with Gasteiger partial charge in [-0.3, -0.25) is 4.90 Å². The van der Waals surface area contributed by atoms with Gasteiger partial charge in [0, 0.05) is 6.67 Å². The Bertz CT molecular complexity index is 75.0. The zero-order valence-corrected chi connectivity index (χ0v) is 6.14. The topological polar surface area (TPSA) is 29.3 Å². The predicted molar refractivity (Wildman–Crippen MR) is 39.0 cm³/mol. The SMILES string of the molecule is CC1CCN(CN)CC1. The molecule has 0 aromatic heterocycles. The van der Waals surface area contributed by atoms with Crippen LogP contribution in [-0.2, 0) is 0 Å². The van der Waals surface area contributed by atoms with Gasteiger partial charge in [-0.2, -0.15) is 0 Å². The van der Waals surface area contributed by atoms with Crippen molar-refractivity contribution >= 4 is 0 Å². The molecule has 2 N–H and O–H groups in total. The van der Waals surface area contributed by atoms with E-state index in [0.717, 1.165) is 12.6 Å². The van der Waals surface area contributed by atoms with Gasteiger partial charge in [-0.1, -0.05) is 6.92 Å². The van der Waals surface area contributed by atoms with Gasteiger partial charge >= 0.3 is 0 Å². The van der Waals surface area contributed by atoms with Crippen LogP contribution in [-0.4, -0.2) is 24.7 Å². The largest absolute Gasteiger partial charge is 0.318 e. The molecule has 54 valence electrons. The summed E-state index contributed by atoms with van der Waals surface area (Å²) in [6, 6.07) is 0. The zero-order valence-electron chi connectivity index (χ0n) is 6.14. The van der Waals surface area contributed by atoms with E-state index in [1.54, 1.807) is 0 Å². The zero-order chi connectivity index (χ0) is 6.69. The van der Waals surface area contributed by atoms with Crippen molar-refractivity contribution in [1.82, 2.24) is 4.90 Å². The van der Waals surface area contributed by atoms with Gasteiger partial charge in [-0.05, 0) is 31.8 Å². The highest BCUT2D eigenvalue weighted by Crippen LogP contribution is 2.14. The van der Waals surface area contributed by atoms with E-state index < -0.39 is 0 Å². The molecule has 0 amide bonds. The van der Waals surface area contributed by atoms with Gasteiger partial charge in [0.05, 0.1) is 0 Å². The van der Waals surface area contributed by atoms with E-state index in [0.29, 0.717) is 0 Å². The average Bonchev–Trinajstić information content (AvgIpc) is 1.90. The van der Waals surface area contributed by atoms with Crippen molar-refractivity contribution in [3.8, 4) is 0 Å². The number of nitrogens with zero attached hydrogens (tertiary/aromatic N) is 1. The Balaban J connectivity index is 2.18. The molecule has 1 heterocycles. The quantitative estimate of drug-likeness (QED) is 0.561. The summed E-state index contributed by atoms with van der Waals surface area (Å²) in [5.41, 5.74) is 5.47. The first-order valence-electron chi connectivity index (χ1n) is 3.75. The van der Waals surface area contributed by atoms with Gasteiger partial charge in [0.25, 0.3) is 0 Å². The highest BCUT2D eigenvalue weighted by Gasteiger charge is 2.13. The second kappa shape index (κ2) is 3.18. The van der Waals surface area contributed by atoms with E-state index >= 15 is 0 Å². The molecule has 0 aliphatic carbocycles. The van der Waals surface area contributed by atoms with Crippen LogP contribution >= 0.6 is 0 Å². The minimum Gasteiger partial charge on any atom is -0.318 e. The number of nitrogens with two attached hydrogens (primary N) is 1. The normalized spacial score (nSPS) is 24.7. The van der Waals surface area contributed by atoms with Crippen LogP contribution in [0.15, 0.2) is 0 Å². The molecule has 1 rings (SSSR count). The Hall–Kier alpha value is -0.0800. The minimum absolute atomic E-state index is 0.743. The predicted octanol–water partition coefficient (Wildman–Crippen LogP) is 0.635. The first-order chi connectivity index (χ1) is 4.33. The highest BCUT2D eigenvalue weighted by atomic mass is 15.2. The molecule has 0 bridgehead atoms. The molecule has 0 aromatic carbocycles. The molecule has 2 heteroatoms. The summed E-state index contributed by atoms with van der Waals surface area (Å²) in [7, 11) is 0. The third-order valence-corrected chi connectivity index (χ3v) is 2.13. The summed E-state index contributed by atoms with van der Waals surface area (Å²) in [5, 5.41) is 0. The average molecular weight is 128 g/mol. The third-order valence-electron chi connectivity index (χ3n) is 2.13. The Morgan fingerprint density at radius 1 is 1.44 bits per heavy atom. The fourth-order valence-corrected chi connectivity index (χ4v) is 1.24. The Labute approximate surface area is 57.0 Å². The molecule has 1 aliphatic heterocycles. The van der Waals surface area contributed by atoms with Gasteiger partial charge in [0.2, 0.25) is 0 Å². The lowest BCUT2D eigenvalue weighted by Crippen LogP contribution is -2.36. The lowest BCUT2D eigenvalue weighted by Gasteiger charge is -2.28. The molecule has 0 radical (unpaired) electrons. The molecule has 2 nitrogen and oxygen atoms in total. The van der Waals surface area contributed by atoms with Crippen molar-refractivity contribution in [2.24, 2.45) is 11.7 Å². The van der Waals surface area contributed by atoms with Crippen molar-refractivity contribution in [3.05, 3.63) is 0 Å². The first kappa shape index (κ1) is 7.03. The van der Waals surface area contributed by atoms with Crippen LogP contribution in [0.25, 0.3) is 0 Å². The second-order valence-corrected chi connectivity index (χ2v) is 2.98. The summed E-state index contributed by atoms with van der Waals surface area (Å²) < 4.78 is 0. The summed E-state index contributed by atoms with van der Waals surface area (Å²) in [4.78, 5) is 2.31. The first-order valence-corrected chi connectivity index (χ1v) is 3.75. The maximum absolute atomic E-state index is 5.47. The van der Waals surface area contributed by atoms with Crippen LogP contribution in [0.1, 0.15) is 19.8 Å². The van der Waals surface area contributed by atoms with E-state index in [1.807, 2.05) is 0 Å². The van der Waals surface area contributed by atoms with E-state index in [9.17, 15) is 0 Å². The van der Waals surface area contributed by atoms with E-state index in [-0.39, 0.29) is 0 Å². The van der Waals surface area contributed by atoms with Crippen LogP contribution in [0.3, 0.4) is 0 Å². The molecule has 1 saturated heterocycles. The number of hydrogen-bond donors (Lipinski definition) is 1. The molecule has 0 saturated carbocycles. The van der Waals surface area contributed by atoms with Crippen molar-refractivity contribution in [3.63, 3.8) is 0 Å². The van der Waals surface area contributed by atoms with E-state index in [1.165, 1.54) is 25.9 Å². The van der Waals surface area contributed by atoms with Crippen molar-refractivity contribution < 1.29 is 0 Å². The molecule has 0 atom stereocenters. The summed E-state index contributed by atoms with van der Waals surface area (Å²) in [5.74, 6) is 0.924. The number of hydrogen-bond acceptors (Lipinski definition) is 2. The third kappa shape index (κ3) is 1.95. The van der Waals surface area contributed by atoms with Crippen molar-refractivity contribution in [1.29, 1.82) is 0 Å². The van der Waals surface area contributed by atoms with Crippen LogP contribution in [0.2, 0.25) is 0 Å². The summed E-state index contributed by atoms with van der Waals surface area (Å²) in [6.07, 6.45) is 2.66. The summed E-state index contributed by atoms with van der Waals surface area (Å²) in [6.45, 7) is 5.47. The Kier molecular flexibility index (Phi) is 2.49. The molecular weight excluding hydrogens is 112 g/mol. The molecule has 0 spiro atoms. The smallest absolute Gasteiger partial charge is 0.0455 e. The molecule has 0 aromatic rings. The molecule has 9 heavy (non-hydrogen) atoms. The highest BCUT2D eigenvalue weighted by molar-refractivity contribution is 4.67. The molecular formula is C7H16N2. The van der Waals surface area contributed by atoms with Gasteiger partial charge in [-0.15, -0.1) is 0 Å². The van der Waals surface area contributed by atoms with Crippen LogP contribution in [0, 0.1) is 5.92 Å². The molecule has 0 unspecified atom stereocenters. The van der Waals surface area contributed by atoms with Crippen molar-refractivity contribution in [2.45, 2.75) is 19.8 Å². The van der Waals surface area contributed by atoms with Gasteiger partial charge in [0.15, 0.2) is 0 Å². The van der Waals surface area contributed by atoms with Crippen LogP contribution in [0.4, 0.5) is 0 Å². The monoisotopic (exact) mass is 128 g/mol. The maximum Gasteiger partial charge on any atom is 0.0455 e. The molecule has 1 fully saturated rings. The summed E-state index contributed by atoms with van der Waals surface area (Å²) >= 11 is 0. The van der Waals surface area contributed by atoms with Gasteiger partial charge in [-0.25, -0.2) is 0 Å². The number of likely N-dealkylation sites (tertiary alicyclic amines) is 1. The van der Waals surface area contributed by atoms with Crippen molar-refractivity contribution in [2.75, 3.05) is 19.8 Å². The number of piperidine rings is 1. The van der Waals surface area contributed by atoms with Gasteiger partial charge in [0.1, 0.15) is 0 Å².